The van der Waals surface area contributed by atoms with E-state index >= 15 is 0 Å². The summed E-state index contributed by atoms with van der Waals surface area (Å²) < 4.78 is 16.1. The zero-order valence-electron chi connectivity index (χ0n) is 9.66. The molecule has 0 fully saturated rings. The van der Waals surface area contributed by atoms with Gasteiger partial charge in [-0.15, -0.1) is 0 Å². The highest BCUT2D eigenvalue weighted by atomic mass is 16.7. The van der Waals surface area contributed by atoms with Crippen molar-refractivity contribution in [3.8, 4) is 0 Å². The third kappa shape index (κ3) is 8.08. The Morgan fingerprint density at radius 1 is 1.14 bits per heavy atom. The van der Waals surface area contributed by atoms with E-state index in [1.807, 2.05) is 27.7 Å². The number of hydrogen-bond acceptors (Lipinski definition) is 3. The summed E-state index contributed by atoms with van der Waals surface area (Å²) in [7, 11) is 0. The summed E-state index contributed by atoms with van der Waals surface area (Å²) in [5, 5.41) is 0. The Morgan fingerprint density at radius 3 is 2.21 bits per heavy atom. The highest BCUT2D eigenvalue weighted by Gasteiger charge is 2.10. The van der Waals surface area contributed by atoms with E-state index in [-0.39, 0.29) is 18.5 Å². The molecule has 0 N–H and O–H groups in total. The van der Waals surface area contributed by atoms with Gasteiger partial charge in [-0.2, -0.15) is 0 Å². The van der Waals surface area contributed by atoms with Crippen molar-refractivity contribution >= 4 is 0 Å². The molecule has 0 spiro atoms. The fourth-order valence-electron chi connectivity index (χ4n) is 0.979. The maximum Gasteiger partial charge on any atom is 0.201 e. The Balaban J connectivity index is 3.66. The molecule has 0 aromatic rings. The van der Waals surface area contributed by atoms with Gasteiger partial charge in [0.1, 0.15) is 0 Å². The molecule has 0 aliphatic carbocycles. The molecule has 0 radical (unpaired) electrons. The number of rotatable bonds is 8. The van der Waals surface area contributed by atoms with Crippen molar-refractivity contribution in [1.29, 1.82) is 0 Å². The minimum atomic E-state index is -0.244. The van der Waals surface area contributed by atoms with Crippen LogP contribution >= 0.6 is 0 Å². The molecule has 0 bridgehead atoms. The van der Waals surface area contributed by atoms with Crippen molar-refractivity contribution in [1.82, 2.24) is 0 Å². The van der Waals surface area contributed by atoms with Crippen LogP contribution in [0.3, 0.4) is 0 Å². The van der Waals surface area contributed by atoms with Crippen molar-refractivity contribution < 1.29 is 14.2 Å². The first-order chi connectivity index (χ1) is 6.56. The average molecular weight is 202 g/mol. The van der Waals surface area contributed by atoms with Crippen LogP contribution in [0.5, 0.6) is 0 Å². The summed E-state index contributed by atoms with van der Waals surface area (Å²) in [5.41, 5.74) is 0. The van der Waals surface area contributed by atoms with E-state index < -0.39 is 0 Å². The van der Waals surface area contributed by atoms with Crippen molar-refractivity contribution in [3.05, 3.63) is 12.8 Å². The lowest BCUT2D eigenvalue weighted by atomic mass is 10.4. The van der Waals surface area contributed by atoms with Gasteiger partial charge >= 0.3 is 0 Å². The Morgan fingerprint density at radius 2 is 1.79 bits per heavy atom. The van der Waals surface area contributed by atoms with Crippen LogP contribution in [-0.4, -0.2) is 25.1 Å². The molecule has 1 unspecified atom stereocenters. The van der Waals surface area contributed by atoms with E-state index in [4.69, 9.17) is 14.2 Å². The van der Waals surface area contributed by atoms with Gasteiger partial charge in [0.25, 0.3) is 0 Å². The quantitative estimate of drug-likeness (QED) is 0.447. The third-order valence-corrected chi connectivity index (χ3v) is 1.48. The predicted octanol–water partition coefficient (Wildman–Crippen LogP) is 2.71. The van der Waals surface area contributed by atoms with Gasteiger partial charge in [0.2, 0.25) is 6.29 Å². The second-order valence-corrected chi connectivity index (χ2v) is 3.63. The molecule has 84 valence electrons. The van der Waals surface area contributed by atoms with E-state index in [1.54, 1.807) is 0 Å². The van der Waals surface area contributed by atoms with Crippen LogP contribution < -0.4 is 0 Å². The average Bonchev–Trinajstić information content (AvgIpc) is 2.02. The molecule has 3 nitrogen and oxygen atoms in total. The van der Waals surface area contributed by atoms with Gasteiger partial charge in [0.05, 0.1) is 25.1 Å². The van der Waals surface area contributed by atoms with Gasteiger partial charge in [-0.1, -0.05) is 6.58 Å². The zero-order valence-corrected chi connectivity index (χ0v) is 9.66. The highest BCUT2D eigenvalue weighted by molar-refractivity contribution is 4.55. The van der Waals surface area contributed by atoms with E-state index in [0.717, 1.165) is 6.42 Å². The first kappa shape index (κ1) is 13.5. The van der Waals surface area contributed by atoms with Gasteiger partial charge in [-0.05, 0) is 27.7 Å². The van der Waals surface area contributed by atoms with Crippen LogP contribution in [0, 0.1) is 0 Å². The van der Waals surface area contributed by atoms with Gasteiger partial charge in [0.15, 0.2) is 0 Å². The maximum atomic E-state index is 5.50. The van der Waals surface area contributed by atoms with Crippen LogP contribution in [0.1, 0.15) is 34.1 Å². The lowest BCUT2D eigenvalue weighted by Crippen LogP contribution is -2.22. The van der Waals surface area contributed by atoms with Crippen LogP contribution in [0.15, 0.2) is 12.8 Å². The fourth-order valence-corrected chi connectivity index (χ4v) is 0.979. The second-order valence-electron chi connectivity index (χ2n) is 3.63. The van der Waals surface area contributed by atoms with Crippen LogP contribution in [0.25, 0.3) is 0 Å². The van der Waals surface area contributed by atoms with Gasteiger partial charge in [-0.3, -0.25) is 0 Å². The Hall–Kier alpha value is -0.540. The number of ether oxygens (including phenoxy) is 3. The summed E-state index contributed by atoms with van der Waals surface area (Å²) in [4.78, 5) is 0. The van der Waals surface area contributed by atoms with E-state index in [2.05, 4.69) is 6.58 Å². The molecular formula is C11H22O3. The molecule has 14 heavy (non-hydrogen) atoms. The lowest BCUT2D eigenvalue weighted by Gasteiger charge is -2.20. The van der Waals surface area contributed by atoms with Crippen LogP contribution in [-0.2, 0) is 14.2 Å². The Kier molecular flexibility index (Phi) is 7.52. The molecular weight excluding hydrogens is 180 g/mol. The summed E-state index contributed by atoms with van der Waals surface area (Å²) >= 11 is 0. The topological polar surface area (TPSA) is 27.7 Å². The lowest BCUT2D eigenvalue weighted by molar-refractivity contribution is -0.143. The second kappa shape index (κ2) is 7.83. The molecule has 0 amide bonds. The molecule has 0 saturated heterocycles. The van der Waals surface area contributed by atoms with Crippen molar-refractivity contribution in [3.63, 3.8) is 0 Å². The monoisotopic (exact) mass is 202 g/mol. The van der Waals surface area contributed by atoms with E-state index in [0.29, 0.717) is 6.61 Å². The fraction of sp³-hybridized carbons (Fsp3) is 0.818. The molecule has 0 heterocycles. The SMILES string of the molecule is C=COC(CCOC(C)C)OC(C)C. The van der Waals surface area contributed by atoms with Gasteiger partial charge in [-0.25, -0.2) is 0 Å². The van der Waals surface area contributed by atoms with Crippen LogP contribution in [0.2, 0.25) is 0 Å². The predicted molar refractivity (Wildman–Crippen MR) is 57.0 cm³/mol. The highest BCUT2D eigenvalue weighted by Crippen LogP contribution is 2.06. The molecule has 0 aliphatic rings. The van der Waals surface area contributed by atoms with Gasteiger partial charge in [0, 0.05) is 6.42 Å². The first-order valence-corrected chi connectivity index (χ1v) is 5.09. The molecule has 3 heteroatoms. The van der Waals surface area contributed by atoms with Crippen molar-refractivity contribution in [2.45, 2.75) is 52.6 Å². The minimum absolute atomic E-state index is 0.152. The molecule has 0 saturated carbocycles. The third-order valence-electron chi connectivity index (χ3n) is 1.48. The number of hydrogen-bond donors (Lipinski definition) is 0. The molecule has 0 aromatic carbocycles. The minimum Gasteiger partial charge on any atom is -0.473 e. The molecule has 0 aromatic heterocycles. The van der Waals surface area contributed by atoms with Crippen LogP contribution in [0.4, 0.5) is 0 Å². The summed E-state index contributed by atoms with van der Waals surface area (Å²) in [6, 6.07) is 0. The first-order valence-electron chi connectivity index (χ1n) is 5.09. The zero-order chi connectivity index (χ0) is 11.0. The summed E-state index contributed by atoms with van der Waals surface area (Å²) in [6.07, 6.45) is 2.29. The summed E-state index contributed by atoms with van der Waals surface area (Å²) in [5.74, 6) is 0. The smallest absolute Gasteiger partial charge is 0.201 e. The standard InChI is InChI=1S/C11H22O3/c1-6-12-11(14-10(4)5)7-8-13-9(2)3/h6,9-11H,1,7-8H2,2-5H3. The molecule has 0 rings (SSSR count). The van der Waals surface area contributed by atoms with E-state index in [1.165, 1.54) is 6.26 Å². The van der Waals surface area contributed by atoms with Gasteiger partial charge < -0.3 is 14.2 Å². The normalized spacial score (nSPS) is 13.3. The Labute approximate surface area is 87.0 Å². The largest absolute Gasteiger partial charge is 0.473 e. The molecule has 0 aliphatic heterocycles. The van der Waals surface area contributed by atoms with E-state index in [9.17, 15) is 0 Å². The van der Waals surface area contributed by atoms with Crippen molar-refractivity contribution in [2.75, 3.05) is 6.61 Å². The Bertz CT molecular complexity index is 143. The van der Waals surface area contributed by atoms with Crippen molar-refractivity contribution in [2.24, 2.45) is 0 Å². The summed E-state index contributed by atoms with van der Waals surface area (Å²) in [6.45, 7) is 12.1. The maximum absolute atomic E-state index is 5.50. The molecule has 1 atom stereocenters.